The van der Waals surface area contributed by atoms with E-state index in [1.165, 1.54) is 47.2 Å². The molecular formula is C20H22N4OS2. The summed E-state index contributed by atoms with van der Waals surface area (Å²) in [4.78, 5) is 12.7. The third-order valence-corrected chi connectivity index (χ3v) is 6.70. The minimum atomic E-state index is 0.156. The van der Waals surface area contributed by atoms with E-state index < -0.39 is 0 Å². The molecule has 27 heavy (non-hydrogen) atoms. The summed E-state index contributed by atoms with van der Waals surface area (Å²) in [6, 6.07) is 10.8. The Balaban J connectivity index is 1.38. The van der Waals surface area contributed by atoms with Crippen LogP contribution in [-0.2, 0) is 0 Å². The van der Waals surface area contributed by atoms with Gasteiger partial charge in [-0.05, 0) is 51.8 Å². The number of carbonyl (C=O) groups is 1. The lowest BCUT2D eigenvalue weighted by Gasteiger charge is -2.07. The minimum Gasteiger partial charge on any atom is -0.345 e. The average molecular weight is 399 g/mol. The van der Waals surface area contributed by atoms with Gasteiger partial charge < -0.3 is 9.88 Å². The van der Waals surface area contributed by atoms with Crippen LogP contribution in [0.5, 0.6) is 0 Å². The van der Waals surface area contributed by atoms with Gasteiger partial charge in [-0.2, -0.15) is 0 Å². The SMILES string of the molecule is Cc1ccc(Nc2nnc(SCC(=O)c3cc(C)n(C4CC4)c3C)s2)cc1. The smallest absolute Gasteiger partial charge is 0.210 e. The van der Waals surface area contributed by atoms with E-state index in [0.717, 1.165) is 26.4 Å². The van der Waals surface area contributed by atoms with Gasteiger partial charge in [-0.25, -0.2) is 0 Å². The summed E-state index contributed by atoms with van der Waals surface area (Å²) in [6.45, 7) is 6.20. The number of hydrogen-bond donors (Lipinski definition) is 1. The van der Waals surface area contributed by atoms with Crippen LogP contribution in [0.4, 0.5) is 10.8 Å². The molecule has 2 heterocycles. The van der Waals surface area contributed by atoms with Crippen LogP contribution in [-0.4, -0.2) is 26.3 Å². The van der Waals surface area contributed by atoms with Crippen molar-refractivity contribution in [2.45, 2.75) is 44.0 Å². The van der Waals surface area contributed by atoms with E-state index in [0.29, 0.717) is 11.8 Å². The molecule has 1 fully saturated rings. The average Bonchev–Trinajstić information content (AvgIpc) is 3.30. The van der Waals surface area contributed by atoms with E-state index in [-0.39, 0.29) is 5.78 Å². The summed E-state index contributed by atoms with van der Waals surface area (Å²) in [6.07, 6.45) is 2.45. The summed E-state index contributed by atoms with van der Waals surface area (Å²) in [5.41, 5.74) is 5.32. The molecule has 4 rings (SSSR count). The maximum atomic E-state index is 12.7. The van der Waals surface area contributed by atoms with Crippen LogP contribution in [0.2, 0.25) is 0 Å². The van der Waals surface area contributed by atoms with Gasteiger partial charge in [0.1, 0.15) is 0 Å². The van der Waals surface area contributed by atoms with Crippen LogP contribution in [0.25, 0.3) is 0 Å². The second-order valence-electron chi connectivity index (χ2n) is 6.96. The lowest BCUT2D eigenvalue weighted by atomic mass is 10.2. The van der Waals surface area contributed by atoms with Crippen LogP contribution < -0.4 is 5.32 Å². The molecule has 0 radical (unpaired) electrons. The lowest BCUT2D eigenvalue weighted by Crippen LogP contribution is -2.05. The molecule has 5 nitrogen and oxygen atoms in total. The summed E-state index contributed by atoms with van der Waals surface area (Å²) >= 11 is 2.92. The fraction of sp³-hybridized carbons (Fsp3) is 0.350. The number of ketones is 1. The third kappa shape index (κ3) is 4.09. The molecule has 1 N–H and O–H groups in total. The zero-order valence-electron chi connectivity index (χ0n) is 15.7. The highest BCUT2D eigenvalue weighted by Crippen LogP contribution is 2.38. The number of Topliss-reactive ketones (excluding diaryl/α,β-unsaturated/α-hetero) is 1. The zero-order chi connectivity index (χ0) is 19.0. The van der Waals surface area contributed by atoms with Crippen molar-refractivity contribution < 1.29 is 4.79 Å². The Bertz CT molecular complexity index is 971. The van der Waals surface area contributed by atoms with Gasteiger partial charge in [0.05, 0.1) is 5.75 Å². The molecule has 0 amide bonds. The standard InChI is InChI=1S/C20H22N4OS2/c1-12-4-6-15(7-5-12)21-19-22-23-20(27-19)26-11-18(25)17-10-13(2)24(14(17)3)16-8-9-16/h4-7,10,16H,8-9,11H2,1-3H3,(H,21,22). The Hall–Kier alpha value is -2.12. The topological polar surface area (TPSA) is 59.8 Å². The molecule has 1 aromatic carbocycles. The molecule has 0 atom stereocenters. The number of nitrogens with one attached hydrogen (secondary N) is 1. The highest BCUT2D eigenvalue weighted by atomic mass is 32.2. The predicted octanol–water partition coefficient (Wildman–Crippen LogP) is 5.32. The first-order chi connectivity index (χ1) is 13.0. The van der Waals surface area contributed by atoms with Crippen LogP contribution in [0.3, 0.4) is 0 Å². The number of anilines is 2. The van der Waals surface area contributed by atoms with Crippen molar-refractivity contribution in [3.05, 3.63) is 52.8 Å². The predicted molar refractivity (Wildman–Crippen MR) is 112 cm³/mol. The van der Waals surface area contributed by atoms with Crippen LogP contribution in [0, 0.1) is 20.8 Å². The molecule has 3 aromatic rings. The molecule has 1 aliphatic carbocycles. The molecule has 0 bridgehead atoms. The van der Waals surface area contributed by atoms with Gasteiger partial charge in [0.2, 0.25) is 5.13 Å². The Morgan fingerprint density at radius 2 is 1.96 bits per heavy atom. The quantitative estimate of drug-likeness (QED) is 0.431. The second-order valence-corrected chi connectivity index (χ2v) is 9.16. The van der Waals surface area contributed by atoms with Gasteiger partial charge in [-0.1, -0.05) is 40.8 Å². The van der Waals surface area contributed by atoms with E-state index in [1.807, 2.05) is 18.2 Å². The number of carbonyl (C=O) groups excluding carboxylic acids is 1. The first-order valence-electron chi connectivity index (χ1n) is 9.03. The Morgan fingerprint density at radius 1 is 1.22 bits per heavy atom. The maximum absolute atomic E-state index is 12.7. The van der Waals surface area contributed by atoms with Crippen LogP contribution in [0.15, 0.2) is 34.7 Å². The number of aryl methyl sites for hydroxylation is 2. The molecule has 140 valence electrons. The number of benzene rings is 1. The van der Waals surface area contributed by atoms with Gasteiger partial charge in [0, 0.05) is 28.7 Å². The highest BCUT2D eigenvalue weighted by molar-refractivity contribution is 8.01. The number of thioether (sulfide) groups is 1. The Labute approximate surface area is 167 Å². The minimum absolute atomic E-state index is 0.156. The molecule has 0 saturated heterocycles. The second kappa shape index (κ2) is 7.48. The Kier molecular flexibility index (Phi) is 5.06. The van der Waals surface area contributed by atoms with Crippen molar-refractivity contribution in [3.63, 3.8) is 0 Å². The lowest BCUT2D eigenvalue weighted by molar-refractivity contribution is 0.102. The molecule has 1 saturated carbocycles. The van der Waals surface area contributed by atoms with Crippen molar-refractivity contribution in [2.75, 3.05) is 11.1 Å². The third-order valence-electron chi connectivity index (χ3n) is 4.73. The molecule has 1 aliphatic rings. The number of rotatable bonds is 7. The molecule has 0 unspecified atom stereocenters. The van der Waals surface area contributed by atoms with Gasteiger partial charge in [0.25, 0.3) is 0 Å². The summed E-state index contributed by atoms with van der Waals surface area (Å²) in [5.74, 6) is 0.539. The van der Waals surface area contributed by atoms with Crippen molar-refractivity contribution >= 4 is 39.7 Å². The van der Waals surface area contributed by atoms with Crippen molar-refractivity contribution in [2.24, 2.45) is 0 Å². The van der Waals surface area contributed by atoms with Gasteiger partial charge in [0.15, 0.2) is 10.1 Å². The van der Waals surface area contributed by atoms with Crippen LogP contribution in [0.1, 0.15) is 46.2 Å². The first kappa shape index (κ1) is 18.3. The fourth-order valence-corrected chi connectivity index (χ4v) is 4.89. The highest BCUT2D eigenvalue weighted by Gasteiger charge is 2.28. The summed E-state index contributed by atoms with van der Waals surface area (Å²) < 4.78 is 3.11. The van der Waals surface area contributed by atoms with Crippen LogP contribution >= 0.6 is 23.1 Å². The molecule has 0 aliphatic heterocycles. The van der Waals surface area contributed by atoms with Crippen molar-refractivity contribution in [3.8, 4) is 0 Å². The normalized spacial score (nSPS) is 13.7. The number of nitrogens with zero attached hydrogens (tertiary/aromatic N) is 3. The summed E-state index contributed by atoms with van der Waals surface area (Å²) in [7, 11) is 0. The fourth-order valence-electron chi connectivity index (χ4n) is 3.24. The van der Waals surface area contributed by atoms with Gasteiger partial charge >= 0.3 is 0 Å². The summed E-state index contributed by atoms with van der Waals surface area (Å²) in [5, 5.41) is 12.4. The maximum Gasteiger partial charge on any atom is 0.210 e. The van der Waals surface area contributed by atoms with E-state index in [4.69, 9.17) is 0 Å². The molecule has 2 aromatic heterocycles. The molecular weight excluding hydrogens is 376 g/mol. The van der Waals surface area contributed by atoms with E-state index in [1.54, 1.807) is 0 Å². The van der Waals surface area contributed by atoms with Crippen molar-refractivity contribution in [1.29, 1.82) is 0 Å². The van der Waals surface area contributed by atoms with Gasteiger partial charge in [-0.3, -0.25) is 4.79 Å². The Morgan fingerprint density at radius 3 is 2.67 bits per heavy atom. The van der Waals surface area contributed by atoms with Crippen molar-refractivity contribution in [1.82, 2.24) is 14.8 Å². The largest absolute Gasteiger partial charge is 0.345 e. The van der Waals surface area contributed by atoms with E-state index >= 15 is 0 Å². The monoisotopic (exact) mass is 398 g/mol. The number of aromatic nitrogens is 3. The van der Waals surface area contributed by atoms with E-state index in [2.05, 4.69) is 53.0 Å². The zero-order valence-corrected chi connectivity index (χ0v) is 17.3. The molecule has 7 heteroatoms. The van der Waals surface area contributed by atoms with E-state index in [9.17, 15) is 4.79 Å². The molecule has 0 spiro atoms. The number of hydrogen-bond acceptors (Lipinski definition) is 6. The van der Waals surface area contributed by atoms with Gasteiger partial charge in [-0.15, -0.1) is 10.2 Å². The first-order valence-corrected chi connectivity index (χ1v) is 10.8.